The molecule has 2 aliphatic rings. The van der Waals surface area contributed by atoms with Crippen LogP contribution in [-0.2, 0) is 4.79 Å². The summed E-state index contributed by atoms with van der Waals surface area (Å²) in [6.45, 7) is 2.36. The van der Waals surface area contributed by atoms with Crippen LogP contribution in [0, 0.1) is 11.3 Å². The van der Waals surface area contributed by atoms with Crippen molar-refractivity contribution in [3.63, 3.8) is 0 Å². The summed E-state index contributed by atoms with van der Waals surface area (Å²) in [4.78, 5) is 33.2. The lowest BCUT2D eigenvalue weighted by Crippen LogP contribution is -2.43. The largest absolute Gasteiger partial charge is 0.347 e. The minimum atomic E-state index is -0.287. The second-order valence-corrected chi connectivity index (χ2v) is 7.46. The highest BCUT2D eigenvalue weighted by Crippen LogP contribution is 2.18. The normalized spacial score (nSPS) is 22.3. The number of carbonyl (C=O) groups is 2. The van der Waals surface area contributed by atoms with Crippen LogP contribution in [0.5, 0.6) is 0 Å². The molecule has 0 aliphatic carbocycles. The van der Waals surface area contributed by atoms with Gasteiger partial charge in [-0.1, -0.05) is 24.3 Å². The Morgan fingerprint density at radius 2 is 2.04 bits per heavy atom. The summed E-state index contributed by atoms with van der Waals surface area (Å²) >= 11 is 0. The molecule has 7 nitrogen and oxygen atoms in total. The summed E-state index contributed by atoms with van der Waals surface area (Å²) < 4.78 is 0. The van der Waals surface area contributed by atoms with Gasteiger partial charge in [0.15, 0.2) is 0 Å². The maximum atomic E-state index is 12.6. The van der Waals surface area contributed by atoms with E-state index in [1.165, 1.54) is 0 Å². The predicted octanol–water partition coefficient (Wildman–Crippen LogP) is 1.55. The molecule has 4 rings (SSSR count). The second-order valence-electron chi connectivity index (χ2n) is 7.46. The highest BCUT2D eigenvalue weighted by atomic mass is 16.2. The Labute approximate surface area is 163 Å². The maximum absolute atomic E-state index is 12.6. The van der Waals surface area contributed by atoms with Crippen LogP contribution in [0.25, 0.3) is 10.9 Å². The number of hydrogen-bond donors (Lipinski definition) is 1. The van der Waals surface area contributed by atoms with Crippen molar-refractivity contribution in [1.29, 1.82) is 5.26 Å². The molecule has 1 aromatic heterocycles. The number of nitrogens with zero attached hydrogens (tertiary/aromatic N) is 4. The van der Waals surface area contributed by atoms with E-state index in [1.807, 2.05) is 35.2 Å². The fourth-order valence-corrected chi connectivity index (χ4v) is 4.03. The predicted molar refractivity (Wildman–Crippen MR) is 104 cm³/mol. The Morgan fingerprint density at radius 1 is 1.18 bits per heavy atom. The highest BCUT2D eigenvalue weighted by molar-refractivity contribution is 5.95. The van der Waals surface area contributed by atoms with Crippen LogP contribution in [0.4, 0.5) is 0 Å². The average Bonchev–Trinajstić information content (AvgIpc) is 3.36. The number of fused-ring (bicyclic) bond motifs is 1. The number of pyridine rings is 1. The molecule has 0 radical (unpaired) electrons. The molecule has 0 bridgehead atoms. The van der Waals surface area contributed by atoms with Crippen molar-refractivity contribution in [2.24, 2.45) is 0 Å². The van der Waals surface area contributed by atoms with Crippen molar-refractivity contribution in [3.8, 4) is 6.07 Å². The molecule has 144 valence electrons. The third-order valence-electron chi connectivity index (χ3n) is 5.52. The van der Waals surface area contributed by atoms with E-state index in [4.69, 9.17) is 5.26 Å². The molecular weight excluding hydrogens is 354 g/mol. The zero-order valence-electron chi connectivity index (χ0n) is 15.7. The molecular formula is C21H23N5O2. The summed E-state index contributed by atoms with van der Waals surface area (Å²) in [6.07, 6.45) is 2.45. The first-order valence-corrected chi connectivity index (χ1v) is 9.72. The Balaban J connectivity index is 1.32. The Bertz CT molecular complexity index is 938. The minimum absolute atomic E-state index is 0.00101. The van der Waals surface area contributed by atoms with Crippen molar-refractivity contribution >= 4 is 22.7 Å². The third kappa shape index (κ3) is 3.82. The molecule has 3 heterocycles. The molecule has 2 aromatic rings. The van der Waals surface area contributed by atoms with Crippen molar-refractivity contribution < 1.29 is 9.59 Å². The quantitative estimate of drug-likeness (QED) is 0.873. The number of benzene rings is 1. The van der Waals surface area contributed by atoms with E-state index in [2.05, 4.69) is 16.4 Å². The summed E-state index contributed by atoms with van der Waals surface area (Å²) in [5.74, 6) is -0.180. The second kappa shape index (κ2) is 7.95. The van der Waals surface area contributed by atoms with Gasteiger partial charge in [-0.25, -0.2) is 4.98 Å². The molecule has 0 spiro atoms. The first-order valence-electron chi connectivity index (χ1n) is 9.72. The lowest BCUT2D eigenvalue weighted by molar-refractivity contribution is -0.132. The molecule has 2 unspecified atom stereocenters. The molecule has 0 saturated carbocycles. The number of rotatable bonds is 4. The standard InChI is InChI=1S/C21H23N5O2/c22-12-17-5-3-10-26(17)20(27)14-25-11-9-16(13-25)23-21(28)19-8-7-15-4-1-2-6-18(15)24-19/h1-2,4,6-8,16-17H,3,5,9-11,13-14H2,(H,23,28). The lowest BCUT2D eigenvalue weighted by atomic mass is 10.2. The van der Waals surface area contributed by atoms with Crippen molar-refractivity contribution in [1.82, 2.24) is 20.1 Å². The SMILES string of the molecule is N#CC1CCCN1C(=O)CN1CCC(NC(=O)c2ccc3ccccc3n2)C1. The lowest BCUT2D eigenvalue weighted by Gasteiger charge is -2.23. The van der Waals surface area contributed by atoms with Gasteiger partial charge in [-0.15, -0.1) is 0 Å². The Hall–Kier alpha value is -2.98. The van der Waals surface area contributed by atoms with Gasteiger partial charge in [-0.3, -0.25) is 14.5 Å². The molecule has 2 fully saturated rings. The van der Waals surface area contributed by atoms with Crippen LogP contribution in [0.3, 0.4) is 0 Å². The molecule has 2 atom stereocenters. The van der Waals surface area contributed by atoms with Crippen LogP contribution in [0.15, 0.2) is 36.4 Å². The van der Waals surface area contributed by atoms with Crippen molar-refractivity contribution in [2.45, 2.75) is 31.3 Å². The van der Waals surface area contributed by atoms with Crippen molar-refractivity contribution in [2.75, 3.05) is 26.2 Å². The van der Waals surface area contributed by atoms with Crippen LogP contribution < -0.4 is 5.32 Å². The van der Waals surface area contributed by atoms with Gasteiger partial charge in [-0.2, -0.15) is 5.26 Å². The molecule has 2 saturated heterocycles. The van der Waals surface area contributed by atoms with E-state index in [0.717, 1.165) is 36.7 Å². The molecule has 1 N–H and O–H groups in total. The number of amides is 2. The number of para-hydroxylation sites is 1. The molecule has 2 aliphatic heterocycles. The van der Waals surface area contributed by atoms with E-state index in [1.54, 1.807) is 11.0 Å². The Kier molecular flexibility index (Phi) is 5.22. The van der Waals surface area contributed by atoms with Gasteiger partial charge >= 0.3 is 0 Å². The first-order chi connectivity index (χ1) is 13.6. The summed E-state index contributed by atoms with van der Waals surface area (Å²) in [5, 5.41) is 13.2. The van der Waals surface area contributed by atoms with Crippen LogP contribution in [0.2, 0.25) is 0 Å². The topological polar surface area (TPSA) is 89.3 Å². The van der Waals surface area contributed by atoms with E-state index in [9.17, 15) is 9.59 Å². The van der Waals surface area contributed by atoms with E-state index in [0.29, 0.717) is 25.3 Å². The van der Waals surface area contributed by atoms with Crippen molar-refractivity contribution in [3.05, 3.63) is 42.1 Å². The van der Waals surface area contributed by atoms with Gasteiger partial charge in [0.2, 0.25) is 5.91 Å². The molecule has 28 heavy (non-hydrogen) atoms. The average molecular weight is 377 g/mol. The fraction of sp³-hybridized carbons (Fsp3) is 0.429. The van der Waals surface area contributed by atoms with Crippen LogP contribution in [0.1, 0.15) is 29.8 Å². The molecule has 1 aromatic carbocycles. The molecule has 2 amide bonds. The number of nitrogens with one attached hydrogen (secondary N) is 1. The zero-order chi connectivity index (χ0) is 19.5. The van der Waals surface area contributed by atoms with Crippen LogP contribution >= 0.6 is 0 Å². The number of likely N-dealkylation sites (tertiary alicyclic amines) is 2. The number of nitriles is 1. The third-order valence-corrected chi connectivity index (χ3v) is 5.52. The van der Waals surface area contributed by atoms with Gasteiger partial charge in [0.25, 0.3) is 5.91 Å². The highest BCUT2D eigenvalue weighted by Gasteiger charge is 2.32. The summed E-state index contributed by atoms with van der Waals surface area (Å²) in [5.41, 5.74) is 1.20. The fourth-order valence-electron chi connectivity index (χ4n) is 4.03. The van der Waals surface area contributed by atoms with E-state index < -0.39 is 0 Å². The molecule has 7 heteroatoms. The smallest absolute Gasteiger partial charge is 0.270 e. The van der Waals surface area contributed by atoms with Gasteiger partial charge < -0.3 is 10.2 Å². The maximum Gasteiger partial charge on any atom is 0.270 e. The first kappa shape index (κ1) is 18.4. The minimum Gasteiger partial charge on any atom is -0.347 e. The zero-order valence-corrected chi connectivity index (χ0v) is 15.7. The van der Waals surface area contributed by atoms with Gasteiger partial charge in [0, 0.05) is 31.1 Å². The van der Waals surface area contributed by atoms with E-state index >= 15 is 0 Å². The van der Waals surface area contributed by atoms with Crippen LogP contribution in [-0.4, -0.2) is 64.9 Å². The van der Waals surface area contributed by atoms with Gasteiger partial charge in [0.05, 0.1) is 18.1 Å². The summed E-state index contributed by atoms with van der Waals surface area (Å²) in [7, 11) is 0. The van der Waals surface area contributed by atoms with Gasteiger partial charge in [-0.05, 0) is 31.4 Å². The van der Waals surface area contributed by atoms with E-state index in [-0.39, 0.29) is 23.9 Å². The van der Waals surface area contributed by atoms with Gasteiger partial charge in [0.1, 0.15) is 11.7 Å². The summed E-state index contributed by atoms with van der Waals surface area (Å²) in [6, 6.07) is 13.3. The number of aromatic nitrogens is 1. The number of carbonyl (C=O) groups excluding carboxylic acids is 2. The Morgan fingerprint density at radius 3 is 2.89 bits per heavy atom. The monoisotopic (exact) mass is 377 g/mol. The number of hydrogen-bond acceptors (Lipinski definition) is 5.